The molecule has 0 bridgehead atoms. The topological polar surface area (TPSA) is 122 Å². The predicted molar refractivity (Wildman–Crippen MR) is 96.3 cm³/mol. The van der Waals surface area contributed by atoms with Crippen molar-refractivity contribution in [2.24, 2.45) is 0 Å². The molecule has 0 unspecified atom stereocenters. The lowest BCUT2D eigenvalue weighted by atomic mass is 10.2. The Labute approximate surface area is 155 Å². The highest BCUT2D eigenvalue weighted by Crippen LogP contribution is 2.34. The molecule has 0 aliphatic rings. The highest BCUT2D eigenvalue weighted by molar-refractivity contribution is 6.43. The number of benzene rings is 1. The van der Waals surface area contributed by atoms with Gasteiger partial charge in [-0.15, -0.1) is 0 Å². The van der Waals surface area contributed by atoms with Gasteiger partial charge in [0.05, 0.1) is 15.0 Å². The zero-order valence-corrected chi connectivity index (χ0v) is 14.3. The van der Waals surface area contributed by atoms with Gasteiger partial charge < -0.3 is 14.5 Å². The zero-order chi connectivity index (χ0) is 18.8. The molecule has 0 aliphatic carbocycles. The number of furan rings is 1. The normalized spacial score (nSPS) is 11.2. The van der Waals surface area contributed by atoms with Gasteiger partial charge in [-0.2, -0.15) is 4.98 Å². The summed E-state index contributed by atoms with van der Waals surface area (Å²) >= 11 is 12.1. The van der Waals surface area contributed by atoms with E-state index in [4.69, 9.17) is 27.6 Å². The lowest BCUT2D eigenvalue weighted by molar-refractivity contribution is -0.387. The van der Waals surface area contributed by atoms with E-state index in [1.807, 2.05) is 0 Å². The molecule has 3 aromatic rings. The molecule has 2 heterocycles. The Balaban J connectivity index is 1.89. The largest absolute Gasteiger partial charge is 0.488 e. The molecule has 1 aromatic carbocycles. The van der Waals surface area contributed by atoms with Crippen LogP contribution in [0.5, 0.6) is 5.88 Å². The molecule has 0 atom stereocenters. The summed E-state index contributed by atoms with van der Waals surface area (Å²) in [5.41, 5.74) is -1.47. The van der Waals surface area contributed by atoms with Crippen molar-refractivity contribution in [3.05, 3.63) is 72.4 Å². The van der Waals surface area contributed by atoms with Gasteiger partial charge in [0.15, 0.2) is 0 Å². The monoisotopic (exact) mass is 393 g/mol. The molecule has 2 N–H and O–H groups in total. The van der Waals surface area contributed by atoms with E-state index in [0.717, 1.165) is 0 Å². The standard InChI is InChI=1S/C16H9Cl2N3O5/c17-10-3-1-2-9(13(10)18)11-6-4-8(26-11)5-7-12-19-15(22)14(21(24)25)16(23)20-12/h1-7H,(H2,19,20,22,23). The molecule has 10 heteroatoms. The third-order valence-electron chi connectivity index (χ3n) is 3.33. The molecule has 0 saturated heterocycles. The Kier molecular flexibility index (Phi) is 4.79. The molecule has 0 fully saturated rings. The van der Waals surface area contributed by atoms with Gasteiger partial charge in [-0.1, -0.05) is 29.3 Å². The summed E-state index contributed by atoms with van der Waals surface area (Å²) in [5.74, 6) is -0.164. The number of H-pyrrole nitrogens is 1. The van der Waals surface area contributed by atoms with Gasteiger partial charge in [-0.05, 0) is 36.4 Å². The van der Waals surface area contributed by atoms with E-state index in [2.05, 4.69) is 9.97 Å². The van der Waals surface area contributed by atoms with Crippen molar-refractivity contribution in [2.45, 2.75) is 0 Å². The number of nitrogens with zero attached hydrogens (tertiary/aromatic N) is 2. The fourth-order valence-electron chi connectivity index (χ4n) is 2.16. The Morgan fingerprint density at radius 2 is 2.00 bits per heavy atom. The number of rotatable bonds is 4. The minimum atomic E-state index is -1.06. The lowest BCUT2D eigenvalue weighted by Crippen LogP contribution is -2.14. The van der Waals surface area contributed by atoms with Crippen LogP contribution in [0.3, 0.4) is 0 Å². The molecular weight excluding hydrogens is 385 g/mol. The average molecular weight is 394 g/mol. The van der Waals surface area contributed by atoms with E-state index < -0.39 is 22.0 Å². The van der Waals surface area contributed by atoms with Crippen LogP contribution in [0, 0.1) is 10.1 Å². The second-order valence-corrected chi connectivity index (χ2v) is 5.80. The lowest BCUT2D eigenvalue weighted by Gasteiger charge is -2.01. The van der Waals surface area contributed by atoms with Crippen LogP contribution in [0.2, 0.25) is 10.0 Å². The van der Waals surface area contributed by atoms with E-state index in [-0.39, 0.29) is 5.82 Å². The van der Waals surface area contributed by atoms with Crippen LogP contribution in [0.15, 0.2) is 39.5 Å². The Hall–Kier alpha value is -3.10. The van der Waals surface area contributed by atoms with Crippen LogP contribution in [0.1, 0.15) is 11.6 Å². The minimum Gasteiger partial charge on any atom is -0.488 e. The highest BCUT2D eigenvalue weighted by atomic mass is 35.5. The predicted octanol–water partition coefficient (Wildman–Crippen LogP) is 4.12. The molecule has 0 saturated carbocycles. The summed E-state index contributed by atoms with van der Waals surface area (Å²) in [5, 5.41) is 20.9. The summed E-state index contributed by atoms with van der Waals surface area (Å²) < 4.78 is 5.63. The van der Waals surface area contributed by atoms with E-state index in [1.54, 1.807) is 30.3 Å². The molecule has 2 aromatic heterocycles. The third kappa shape index (κ3) is 3.46. The molecule has 8 nitrogen and oxygen atoms in total. The van der Waals surface area contributed by atoms with E-state index in [0.29, 0.717) is 27.1 Å². The van der Waals surface area contributed by atoms with Gasteiger partial charge in [0.1, 0.15) is 17.3 Å². The van der Waals surface area contributed by atoms with Crippen molar-refractivity contribution in [1.82, 2.24) is 9.97 Å². The molecule has 3 rings (SSSR count). The van der Waals surface area contributed by atoms with E-state index >= 15 is 0 Å². The third-order valence-corrected chi connectivity index (χ3v) is 4.15. The van der Waals surface area contributed by atoms with Crippen molar-refractivity contribution < 1.29 is 14.4 Å². The Morgan fingerprint density at radius 3 is 2.69 bits per heavy atom. The summed E-state index contributed by atoms with van der Waals surface area (Å²) in [6, 6.07) is 8.46. The van der Waals surface area contributed by atoms with Crippen molar-refractivity contribution in [1.29, 1.82) is 0 Å². The van der Waals surface area contributed by atoms with Gasteiger partial charge >= 0.3 is 11.2 Å². The maximum Gasteiger partial charge on any atom is 0.395 e. The summed E-state index contributed by atoms with van der Waals surface area (Å²) in [4.78, 5) is 27.0. The molecule has 132 valence electrons. The van der Waals surface area contributed by atoms with E-state index in [1.165, 1.54) is 12.2 Å². The second kappa shape index (κ2) is 7.03. The van der Waals surface area contributed by atoms with Gasteiger partial charge in [0, 0.05) is 5.56 Å². The zero-order valence-electron chi connectivity index (χ0n) is 12.8. The number of aromatic amines is 1. The number of hydrogen-bond donors (Lipinski definition) is 2. The van der Waals surface area contributed by atoms with Gasteiger partial charge in [-0.3, -0.25) is 14.9 Å². The molecule has 0 radical (unpaired) electrons. The van der Waals surface area contributed by atoms with Crippen LogP contribution >= 0.6 is 23.2 Å². The first-order valence-corrected chi connectivity index (χ1v) is 7.82. The van der Waals surface area contributed by atoms with Crippen molar-refractivity contribution >= 4 is 41.0 Å². The van der Waals surface area contributed by atoms with E-state index in [9.17, 15) is 20.0 Å². The molecule has 0 amide bonds. The van der Waals surface area contributed by atoms with Crippen LogP contribution < -0.4 is 5.56 Å². The van der Waals surface area contributed by atoms with Gasteiger partial charge in [0.2, 0.25) is 0 Å². The number of nitro groups is 1. The summed E-state index contributed by atoms with van der Waals surface area (Å²) in [6.45, 7) is 0. The van der Waals surface area contributed by atoms with Crippen molar-refractivity contribution in [2.75, 3.05) is 0 Å². The van der Waals surface area contributed by atoms with Crippen molar-refractivity contribution in [3.8, 4) is 17.2 Å². The van der Waals surface area contributed by atoms with Crippen LogP contribution in [0.4, 0.5) is 5.69 Å². The second-order valence-electron chi connectivity index (χ2n) is 5.02. The molecule has 0 spiro atoms. The fraction of sp³-hybridized carbons (Fsp3) is 0. The van der Waals surface area contributed by atoms with Crippen LogP contribution in [0.25, 0.3) is 23.5 Å². The average Bonchev–Trinajstić information content (AvgIpc) is 3.03. The maximum atomic E-state index is 11.6. The number of hydrogen-bond acceptors (Lipinski definition) is 6. The first-order chi connectivity index (χ1) is 12.4. The van der Waals surface area contributed by atoms with Crippen LogP contribution in [-0.2, 0) is 0 Å². The number of aromatic hydroxyl groups is 1. The highest BCUT2D eigenvalue weighted by Gasteiger charge is 2.21. The SMILES string of the molecule is O=c1[nH]c(C=Cc2ccc(-c3cccc(Cl)c3Cl)o2)nc(O)c1[N+](=O)[O-]. The quantitative estimate of drug-likeness (QED) is 0.507. The fourth-order valence-corrected chi connectivity index (χ4v) is 2.55. The molecule has 26 heavy (non-hydrogen) atoms. The smallest absolute Gasteiger partial charge is 0.395 e. The summed E-state index contributed by atoms with van der Waals surface area (Å²) in [7, 11) is 0. The Morgan fingerprint density at radius 1 is 1.23 bits per heavy atom. The molecule has 0 aliphatic heterocycles. The Bertz CT molecular complexity index is 1090. The minimum absolute atomic E-state index is 0.0724. The van der Waals surface area contributed by atoms with Gasteiger partial charge in [-0.25, -0.2) is 0 Å². The van der Waals surface area contributed by atoms with Crippen LogP contribution in [-0.4, -0.2) is 20.0 Å². The van der Waals surface area contributed by atoms with Crippen molar-refractivity contribution in [3.63, 3.8) is 0 Å². The first-order valence-electron chi connectivity index (χ1n) is 7.07. The van der Waals surface area contributed by atoms with Gasteiger partial charge in [0.25, 0.3) is 5.88 Å². The maximum absolute atomic E-state index is 11.6. The molecular formula is C16H9Cl2N3O5. The number of halogens is 2. The number of nitrogens with one attached hydrogen (secondary N) is 1. The first kappa shape index (κ1) is 17.7. The summed E-state index contributed by atoms with van der Waals surface area (Å²) in [6.07, 6.45) is 2.79. The number of aromatic nitrogens is 2.